The minimum atomic E-state index is 0.601. The topological polar surface area (TPSA) is 38.0 Å². The average Bonchev–Trinajstić information content (AvgIpc) is 2.06. The summed E-state index contributed by atoms with van der Waals surface area (Å²) in [7, 11) is 0. The Morgan fingerprint density at radius 3 is 3.00 bits per heavy atom. The Morgan fingerprint density at radius 2 is 2.36 bits per heavy atom. The van der Waals surface area contributed by atoms with Crippen molar-refractivity contribution in [2.75, 3.05) is 13.1 Å². The van der Waals surface area contributed by atoms with Gasteiger partial charge in [-0.15, -0.1) is 0 Å². The standard InChI is InChI=1S/C9H20N2/c1-2-4-8-5-3-6-11-9(8)7-10/h8-9,11H,2-7,10H2,1H3. The summed E-state index contributed by atoms with van der Waals surface area (Å²) in [5, 5.41) is 3.48. The fourth-order valence-electron chi connectivity index (χ4n) is 2.01. The molecule has 0 bridgehead atoms. The van der Waals surface area contributed by atoms with Crippen molar-refractivity contribution in [3.8, 4) is 0 Å². The van der Waals surface area contributed by atoms with Crippen LogP contribution in [0.25, 0.3) is 0 Å². The lowest BCUT2D eigenvalue weighted by Gasteiger charge is -2.31. The number of nitrogens with two attached hydrogens (primary N) is 1. The van der Waals surface area contributed by atoms with Crippen molar-refractivity contribution in [2.45, 2.75) is 38.6 Å². The van der Waals surface area contributed by atoms with Crippen LogP contribution in [0.5, 0.6) is 0 Å². The van der Waals surface area contributed by atoms with E-state index in [0.717, 1.165) is 12.5 Å². The maximum atomic E-state index is 5.66. The van der Waals surface area contributed by atoms with Gasteiger partial charge in [0.05, 0.1) is 0 Å². The lowest BCUT2D eigenvalue weighted by atomic mass is 9.87. The summed E-state index contributed by atoms with van der Waals surface area (Å²) < 4.78 is 0. The first kappa shape index (κ1) is 9.01. The van der Waals surface area contributed by atoms with Crippen LogP contribution in [0.2, 0.25) is 0 Å². The van der Waals surface area contributed by atoms with Gasteiger partial charge in [0.1, 0.15) is 0 Å². The van der Waals surface area contributed by atoms with E-state index in [9.17, 15) is 0 Å². The molecule has 1 aliphatic rings. The summed E-state index contributed by atoms with van der Waals surface area (Å²) in [4.78, 5) is 0. The first-order valence-electron chi connectivity index (χ1n) is 4.82. The molecule has 0 amide bonds. The first-order chi connectivity index (χ1) is 5.38. The van der Waals surface area contributed by atoms with E-state index in [0.29, 0.717) is 6.04 Å². The van der Waals surface area contributed by atoms with Crippen LogP contribution in [0.4, 0.5) is 0 Å². The maximum Gasteiger partial charge on any atom is 0.0218 e. The quantitative estimate of drug-likeness (QED) is 0.642. The van der Waals surface area contributed by atoms with E-state index >= 15 is 0 Å². The molecular weight excluding hydrogens is 136 g/mol. The van der Waals surface area contributed by atoms with Gasteiger partial charge < -0.3 is 11.1 Å². The second kappa shape index (κ2) is 4.73. The smallest absolute Gasteiger partial charge is 0.0218 e. The third-order valence-corrected chi connectivity index (χ3v) is 2.64. The molecule has 1 fully saturated rings. The lowest BCUT2D eigenvalue weighted by molar-refractivity contribution is 0.269. The van der Waals surface area contributed by atoms with E-state index < -0.39 is 0 Å². The summed E-state index contributed by atoms with van der Waals surface area (Å²) >= 11 is 0. The van der Waals surface area contributed by atoms with Crippen molar-refractivity contribution in [3.63, 3.8) is 0 Å². The van der Waals surface area contributed by atoms with Gasteiger partial charge in [0, 0.05) is 12.6 Å². The zero-order chi connectivity index (χ0) is 8.10. The van der Waals surface area contributed by atoms with Gasteiger partial charge in [-0.1, -0.05) is 13.3 Å². The Kier molecular flexibility index (Phi) is 3.87. The summed E-state index contributed by atoms with van der Waals surface area (Å²) in [5.41, 5.74) is 5.66. The molecule has 2 heteroatoms. The fourth-order valence-corrected chi connectivity index (χ4v) is 2.01. The van der Waals surface area contributed by atoms with Crippen LogP contribution in [0, 0.1) is 5.92 Å². The normalized spacial score (nSPS) is 32.2. The number of hydrogen-bond acceptors (Lipinski definition) is 2. The number of piperidine rings is 1. The lowest BCUT2D eigenvalue weighted by Crippen LogP contribution is -2.46. The summed E-state index contributed by atoms with van der Waals surface area (Å²) in [6, 6.07) is 0.601. The van der Waals surface area contributed by atoms with E-state index in [-0.39, 0.29) is 0 Å². The Balaban J connectivity index is 2.31. The molecule has 2 atom stereocenters. The second-order valence-electron chi connectivity index (χ2n) is 3.49. The number of nitrogens with one attached hydrogen (secondary N) is 1. The molecule has 0 radical (unpaired) electrons. The van der Waals surface area contributed by atoms with Crippen molar-refractivity contribution in [1.29, 1.82) is 0 Å². The Morgan fingerprint density at radius 1 is 1.55 bits per heavy atom. The van der Waals surface area contributed by atoms with Gasteiger partial charge in [-0.2, -0.15) is 0 Å². The van der Waals surface area contributed by atoms with Crippen LogP contribution in [-0.2, 0) is 0 Å². The van der Waals surface area contributed by atoms with Crippen LogP contribution in [-0.4, -0.2) is 19.1 Å². The third kappa shape index (κ3) is 2.46. The van der Waals surface area contributed by atoms with Crippen molar-refractivity contribution >= 4 is 0 Å². The van der Waals surface area contributed by atoms with Gasteiger partial charge in [0.15, 0.2) is 0 Å². The second-order valence-corrected chi connectivity index (χ2v) is 3.49. The highest BCUT2D eigenvalue weighted by atomic mass is 14.9. The van der Waals surface area contributed by atoms with E-state index in [4.69, 9.17) is 5.73 Å². The zero-order valence-corrected chi connectivity index (χ0v) is 7.47. The van der Waals surface area contributed by atoms with Gasteiger partial charge in [0.25, 0.3) is 0 Å². The highest BCUT2D eigenvalue weighted by Crippen LogP contribution is 2.20. The number of hydrogen-bond donors (Lipinski definition) is 2. The van der Waals surface area contributed by atoms with Crippen molar-refractivity contribution in [1.82, 2.24) is 5.32 Å². The molecule has 11 heavy (non-hydrogen) atoms. The van der Waals surface area contributed by atoms with Crippen LogP contribution < -0.4 is 11.1 Å². The van der Waals surface area contributed by atoms with Crippen LogP contribution in [0.1, 0.15) is 32.6 Å². The molecule has 1 rings (SSSR count). The average molecular weight is 156 g/mol. The minimum Gasteiger partial charge on any atom is -0.329 e. The van der Waals surface area contributed by atoms with Crippen molar-refractivity contribution in [2.24, 2.45) is 11.7 Å². The molecule has 1 saturated heterocycles. The van der Waals surface area contributed by atoms with Crippen molar-refractivity contribution in [3.05, 3.63) is 0 Å². The molecule has 0 saturated carbocycles. The molecule has 0 aromatic heterocycles. The summed E-state index contributed by atoms with van der Waals surface area (Å²) in [6.45, 7) is 4.23. The Bertz CT molecular complexity index is 102. The molecular formula is C9H20N2. The maximum absolute atomic E-state index is 5.66. The van der Waals surface area contributed by atoms with Gasteiger partial charge in [0.2, 0.25) is 0 Å². The molecule has 66 valence electrons. The Labute approximate surface area is 69.5 Å². The molecule has 2 nitrogen and oxygen atoms in total. The molecule has 1 aliphatic heterocycles. The first-order valence-corrected chi connectivity index (χ1v) is 4.82. The zero-order valence-electron chi connectivity index (χ0n) is 7.47. The van der Waals surface area contributed by atoms with Gasteiger partial charge in [-0.05, 0) is 31.7 Å². The van der Waals surface area contributed by atoms with E-state index in [1.807, 2.05) is 0 Å². The summed E-state index contributed by atoms with van der Waals surface area (Å²) in [6.07, 6.45) is 5.35. The summed E-state index contributed by atoms with van der Waals surface area (Å²) in [5.74, 6) is 0.846. The molecule has 3 N–H and O–H groups in total. The SMILES string of the molecule is CCCC1CCCNC1CN. The van der Waals surface area contributed by atoms with Gasteiger partial charge in [-0.25, -0.2) is 0 Å². The van der Waals surface area contributed by atoms with Crippen molar-refractivity contribution < 1.29 is 0 Å². The molecule has 0 aromatic carbocycles. The molecule has 2 unspecified atom stereocenters. The monoisotopic (exact) mass is 156 g/mol. The molecule has 0 aliphatic carbocycles. The number of rotatable bonds is 3. The predicted molar refractivity (Wildman–Crippen MR) is 48.5 cm³/mol. The third-order valence-electron chi connectivity index (χ3n) is 2.64. The molecule has 0 spiro atoms. The Hall–Kier alpha value is -0.0800. The molecule has 1 heterocycles. The van der Waals surface area contributed by atoms with Gasteiger partial charge >= 0.3 is 0 Å². The molecule has 0 aromatic rings. The highest BCUT2D eigenvalue weighted by molar-refractivity contribution is 4.81. The highest BCUT2D eigenvalue weighted by Gasteiger charge is 2.21. The van der Waals surface area contributed by atoms with E-state index in [1.165, 1.54) is 32.2 Å². The largest absolute Gasteiger partial charge is 0.329 e. The van der Waals surface area contributed by atoms with Crippen LogP contribution in [0.3, 0.4) is 0 Å². The van der Waals surface area contributed by atoms with E-state index in [1.54, 1.807) is 0 Å². The minimum absolute atomic E-state index is 0.601. The van der Waals surface area contributed by atoms with Crippen LogP contribution in [0.15, 0.2) is 0 Å². The van der Waals surface area contributed by atoms with Crippen LogP contribution >= 0.6 is 0 Å². The fraction of sp³-hybridized carbons (Fsp3) is 1.00. The van der Waals surface area contributed by atoms with Gasteiger partial charge in [-0.3, -0.25) is 0 Å². The van der Waals surface area contributed by atoms with E-state index in [2.05, 4.69) is 12.2 Å². The predicted octanol–water partition coefficient (Wildman–Crippen LogP) is 1.11.